The van der Waals surface area contributed by atoms with E-state index < -0.39 is 0 Å². The summed E-state index contributed by atoms with van der Waals surface area (Å²) in [6, 6.07) is 11.2. The Morgan fingerprint density at radius 3 is 2.81 bits per heavy atom. The molecule has 0 atom stereocenters. The van der Waals surface area contributed by atoms with Crippen LogP contribution in [0, 0.1) is 0 Å². The summed E-state index contributed by atoms with van der Waals surface area (Å²) in [6.45, 7) is 5.74. The Labute approximate surface area is 134 Å². The number of nitrogens with zero attached hydrogens (tertiary/aromatic N) is 1. The molecule has 1 nitrogen and oxygen atoms in total. The van der Waals surface area contributed by atoms with Crippen LogP contribution < -0.4 is 0 Å². The van der Waals surface area contributed by atoms with Gasteiger partial charge in [-0.1, -0.05) is 43.3 Å². The Kier molecular flexibility index (Phi) is 3.66. The fourth-order valence-corrected chi connectivity index (χ4v) is 5.46. The minimum Gasteiger partial charge on any atom is -0.295 e. The van der Waals surface area contributed by atoms with E-state index in [-0.39, 0.29) is 0 Å². The quantitative estimate of drug-likeness (QED) is 0.762. The van der Waals surface area contributed by atoms with Crippen LogP contribution in [-0.4, -0.2) is 24.5 Å². The second-order valence-electron chi connectivity index (χ2n) is 5.73. The van der Waals surface area contributed by atoms with E-state index in [0.717, 1.165) is 13.1 Å². The Balaban J connectivity index is 1.78. The predicted octanol–water partition coefficient (Wildman–Crippen LogP) is 5.24. The second kappa shape index (κ2) is 5.64. The molecule has 0 radical (unpaired) electrons. The van der Waals surface area contributed by atoms with E-state index >= 15 is 0 Å². The standard InChI is InChI=1S/C18H19NS2/c1-2-3-9-19-11-14-13-6-4-5-7-16(13)21-17-8-10-20-18(17)15(14)12-19/h4-8,10H,2-3,9,11-12H2,1H3. The molecule has 2 aromatic rings. The van der Waals surface area contributed by atoms with Crippen LogP contribution in [0.1, 0.15) is 30.2 Å². The maximum atomic E-state index is 2.62. The average Bonchev–Trinajstić information content (AvgIpc) is 3.10. The van der Waals surface area contributed by atoms with Gasteiger partial charge in [0.05, 0.1) is 0 Å². The number of rotatable bonds is 3. The van der Waals surface area contributed by atoms with E-state index in [0.29, 0.717) is 0 Å². The first-order valence-corrected chi connectivity index (χ1v) is 9.36. The number of unbranched alkanes of at least 4 members (excludes halogenated alkanes) is 1. The minimum atomic E-state index is 1.12. The molecule has 1 aromatic carbocycles. The number of benzene rings is 1. The van der Waals surface area contributed by atoms with Gasteiger partial charge in [0.25, 0.3) is 0 Å². The molecule has 21 heavy (non-hydrogen) atoms. The minimum absolute atomic E-state index is 1.12. The molecule has 0 saturated carbocycles. The summed E-state index contributed by atoms with van der Waals surface area (Å²) >= 11 is 3.84. The molecule has 4 rings (SSSR count). The Hall–Kier alpha value is -1.03. The van der Waals surface area contributed by atoms with Crippen molar-refractivity contribution in [2.45, 2.75) is 29.6 Å². The lowest BCUT2D eigenvalue weighted by Gasteiger charge is -2.16. The summed E-state index contributed by atoms with van der Waals surface area (Å²) < 4.78 is 0. The van der Waals surface area contributed by atoms with Crippen LogP contribution in [-0.2, 0) is 0 Å². The molecule has 0 N–H and O–H groups in total. The van der Waals surface area contributed by atoms with Crippen LogP contribution in [0.2, 0.25) is 0 Å². The van der Waals surface area contributed by atoms with Gasteiger partial charge in [-0.2, -0.15) is 0 Å². The van der Waals surface area contributed by atoms with Crippen LogP contribution in [0.4, 0.5) is 0 Å². The smallest absolute Gasteiger partial charge is 0.0458 e. The van der Waals surface area contributed by atoms with E-state index in [1.165, 1.54) is 39.6 Å². The third kappa shape index (κ3) is 2.37. The fourth-order valence-electron chi connectivity index (χ4n) is 3.21. The summed E-state index contributed by atoms with van der Waals surface area (Å²) in [5, 5.41) is 2.24. The highest BCUT2D eigenvalue weighted by molar-refractivity contribution is 7.99. The lowest BCUT2D eigenvalue weighted by molar-refractivity contribution is 0.351. The van der Waals surface area contributed by atoms with E-state index in [1.54, 1.807) is 11.1 Å². The molecule has 0 spiro atoms. The van der Waals surface area contributed by atoms with Crippen LogP contribution in [0.25, 0.3) is 11.1 Å². The summed E-state index contributed by atoms with van der Waals surface area (Å²) in [5.41, 5.74) is 4.60. The topological polar surface area (TPSA) is 3.24 Å². The molecule has 0 amide bonds. The van der Waals surface area contributed by atoms with E-state index in [4.69, 9.17) is 0 Å². The van der Waals surface area contributed by atoms with E-state index in [9.17, 15) is 0 Å². The largest absolute Gasteiger partial charge is 0.295 e. The first kappa shape index (κ1) is 13.6. The van der Waals surface area contributed by atoms with Gasteiger partial charge < -0.3 is 0 Å². The second-order valence-corrected chi connectivity index (χ2v) is 7.73. The van der Waals surface area contributed by atoms with Gasteiger partial charge in [-0.15, -0.1) is 11.3 Å². The predicted molar refractivity (Wildman–Crippen MR) is 93.0 cm³/mol. The molecule has 0 bridgehead atoms. The highest BCUT2D eigenvalue weighted by Gasteiger charge is 2.29. The van der Waals surface area contributed by atoms with Gasteiger partial charge in [-0.3, -0.25) is 4.90 Å². The zero-order valence-corrected chi connectivity index (χ0v) is 13.9. The molecule has 2 aliphatic rings. The molecule has 3 heterocycles. The molecule has 0 unspecified atom stereocenters. The van der Waals surface area contributed by atoms with Crippen LogP contribution in [0.3, 0.4) is 0 Å². The Bertz CT molecular complexity index is 699. The maximum Gasteiger partial charge on any atom is 0.0458 e. The van der Waals surface area contributed by atoms with Gasteiger partial charge in [-0.25, -0.2) is 0 Å². The van der Waals surface area contributed by atoms with Crippen molar-refractivity contribution in [2.75, 3.05) is 19.6 Å². The molecule has 0 fully saturated rings. The van der Waals surface area contributed by atoms with Crippen molar-refractivity contribution in [3.63, 3.8) is 0 Å². The lowest BCUT2D eigenvalue weighted by atomic mass is 10.0. The molecule has 2 aliphatic heterocycles. The Morgan fingerprint density at radius 2 is 1.90 bits per heavy atom. The Morgan fingerprint density at radius 1 is 1.05 bits per heavy atom. The average molecular weight is 313 g/mol. The fraction of sp³-hybridized carbons (Fsp3) is 0.333. The molecule has 0 saturated heterocycles. The van der Waals surface area contributed by atoms with Crippen molar-refractivity contribution in [3.05, 3.63) is 46.2 Å². The third-order valence-electron chi connectivity index (χ3n) is 4.29. The summed E-state index contributed by atoms with van der Waals surface area (Å²) in [4.78, 5) is 6.98. The van der Waals surface area contributed by atoms with Crippen molar-refractivity contribution in [3.8, 4) is 0 Å². The number of hydrogen-bond donors (Lipinski definition) is 0. The highest BCUT2D eigenvalue weighted by Crippen LogP contribution is 2.48. The van der Waals surface area contributed by atoms with Crippen molar-refractivity contribution >= 4 is 34.2 Å². The van der Waals surface area contributed by atoms with Gasteiger partial charge in [0.15, 0.2) is 0 Å². The van der Waals surface area contributed by atoms with Gasteiger partial charge in [0, 0.05) is 27.8 Å². The van der Waals surface area contributed by atoms with Crippen molar-refractivity contribution in [1.29, 1.82) is 0 Å². The summed E-state index contributed by atoms with van der Waals surface area (Å²) in [5.74, 6) is 0. The third-order valence-corrected chi connectivity index (χ3v) is 6.53. The van der Waals surface area contributed by atoms with Gasteiger partial charge in [0.1, 0.15) is 0 Å². The zero-order chi connectivity index (χ0) is 14.2. The molecule has 3 heteroatoms. The van der Waals surface area contributed by atoms with Crippen molar-refractivity contribution in [1.82, 2.24) is 4.90 Å². The maximum absolute atomic E-state index is 2.62. The first-order valence-electron chi connectivity index (χ1n) is 7.66. The zero-order valence-electron chi connectivity index (χ0n) is 12.3. The first-order chi connectivity index (χ1) is 10.4. The number of hydrogen-bond acceptors (Lipinski definition) is 3. The normalized spacial score (nSPS) is 17.4. The monoisotopic (exact) mass is 313 g/mol. The van der Waals surface area contributed by atoms with Gasteiger partial charge >= 0.3 is 0 Å². The number of fused-ring (bicyclic) bond motifs is 4. The van der Waals surface area contributed by atoms with Crippen molar-refractivity contribution in [2.24, 2.45) is 0 Å². The lowest BCUT2D eigenvalue weighted by Crippen LogP contribution is -2.22. The van der Waals surface area contributed by atoms with Crippen molar-refractivity contribution < 1.29 is 0 Å². The van der Waals surface area contributed by atoms with Gasteiger partial charge in [0.2, 0.25) is 0 Å². The highest BCUT2D eigenvalue weighted by atomic mass is 32.2. The van der Waals surface area contributed by atoms with Gasteiger partial charge in [-0.05, 0) is 47.2 Å². The SMILES string of the molecule is CCCCN1CC2=C(C1)c1sccc1Sc1ccccc12. The van der Waals surface area contributed by atoms with Crippen LogP contribution in [0.5, 0.6) is 0 Å². The molecule has 1 aromatic heterocycles. The van der Waals surface area contributed by atoms with Crippen LogP contribution in [0.15, 0.2) is 45.5 Å². The molecular formula is C18H19NS2. The molecule has 0 aliphatic carbocycles. The molecule has 108 valence electrons. The van der Waals surface area contributed by atoms with E-state index in [1.807, 2.05) is 23.1 Å². The number of thiophene rings is 1. The summed E-state index contributed by atoms with van der Waals surface area (Å²) in [7, 11) is 0. The molecular weight excluding hydrogens is 294 g/mol. The summed E-state index contributed by atoms with van der Waals surface area (Å²) in [6.07, 6.45) is 2.58. The van der Waals surface area contributed by atoms with E-state index in [2.05, 4.69) is 47.5 Å². The van der Waals surface area contributed by atoms with Crippen LogP contribution >= 0.6 is 23.1 Å².